The van der Waals surface area contributed by atoms with Gasteiger partial charge in [0.15, 0.2) is 0 Å². The van der Waals surface area contributed by atoms with Gasteiger partial charge < -0.3 is 14.9 Å². The molecule has 1 aromatic carbocycles. The Kier molecular flexibility index (Phi) is 5.27. The zero-order valence-corrected chi connectivity index (χ0v) is 16.3. The fourth-order valence-electron chi connectivity index (χ4n) is 4.11. The van der Waals surface area contributed by atoms with Gasteiger partial charge in [0.1, 0.15) is 0 Å². The van der Waals surface area contributed by atoms with E-state index >= 15 is 0 Å². The standard InChI is InChI=1S/C21H28N2O4/c1-21(2,3)20(27)22-11-6-7-14(13-22)18(24)23-12-10-16(19(25)26)15-8-4-5-9-17(15)23/h4-5,8-9,14,16H,6-7,10-13H2,1-3H3,(H,25,26). The first kappa shape index (κ1) is 19.4. The first-order valence-electron chi connectivity index (χ1n) is 9.62. The molecule has 3 rings (SSSR count). The van der Waals surface area contributed by atoms with Crippen LogP contribution in [-0.2, 0) is 14.4 Å². The molecule has 1 aromatic rings. The van der Waals surface area contributed by atoms with Gasteiger partial charge in [-0.1, -0.05) is 39.0 Å². The summed E-state index contributed by atoms with van der Waals surface area (Å²) in [7, 11) is 0. The maximum Gasteiger partial charge on any atom is 0.311 e. The molecule has 2 heterocycles. The number of piperidine rings is 1. The zero-order valence-electron chi connectivity index (χ0n) is 16.3. The van der Waals surface area contributed by atoms with E-state index in [1.807, 2.05) is 43.9 Å². The number of carboxylic acids is 1. The highest BCUT2D eigenvalue weighted by Crippen LogP contribution is 2.37. The van der Waals surface area contributed by atoms with E-state index in [4.69, 9.17) is 0 Å². The third-order valence-electron chi connectivity index (χ3n) is 5.51. The van der Waals surface area contributed by atoms with E-state index < -0.39 is 17.3 Å². The monoisotopic (exact) mass is 372 g/mol. The quantitative estimate of drug-likeness (QED) is 0.866. The second-order valence-corrected chi connectivity index (χ2v) is 8.57. The molecule has 2 amide bonds. The number of likely N-dealkylation sites (tertiary alicyclic amines) is 1. The number of fused-ring (bicyclic) bond motifs is 1. The molecule has 0 bridgehead atoms. The molecule has 6 nitrogen and oxygen atoms in total. The smallest absolute Gasteiger partial charge is 0.311 e. The SMILES string of the molecule is CC(C)(C)C(=O)N1CCCC(C(=O)N2CCC(C(=O)O)c3ccccc32)C1. The first-order chi connectivity index (χ1) is 12.7. The van der Waals surface area contributed by atoms with E-state index in [1.165, 1.54) is 0 Å². The van der Waals surface area contributed by atoms with Gasteiger partial charge in [0, 0.05) is 30.7 Å². The van der Waals surface area contributed by atoms with Crippen molar-refractivity contribution in [3.8, 4) is 0 Å². The third-order valence-corrected chi connectivity index (χ3v) is 5.51. The summed E-state index contributed by atoms with van der Waals surface area (Å²) in [6.45, 7) is 7.22. The fraction of sp³-hybridized carbons (Fsp3) is 0.571. The van der Waals surface area contributed by atoms with Gasteiger partial charge in [-0.25, -0.2) is 0 Å². The predicted molar refractivity (Wildman–Crippen MR) is 103 cm³/mol. The molecule has 0 radical (unpaired) electrons. The Morgan fingerprint density at radius 1 is 1.07 bits per heavy atom. The summed E-state index contributed by atoms with van der Waals surface area (Å²) in [6, 6.07) is 7.26. The molecule has 1 saturated heterocycles. The molecular formula is C21H28N2O4. The van der Waals surface area contributed by atoms with Gasteiger partial charge in [0.25, 0.3) is 0 Å². The van der Waals surface area contributed by atoms with Crippen molar-refractivity contribution < 1.29 is 19.5 Å². The van der Waals surface area contributed by atoms with Gasteiger partial charge >= 0.3 is 5.97 Å². The lowest BCUT2D eigenvalue weighted by Gasteiger charge is -2.39. The average Bonchev–Trinajstić information content (AvgIpc) is 2.65. The van der Waals surface area contributed by atoms with E-state index in [0.717, 1.165) is 12.8 Å². The molecule has 0 aromatic heterocycles. The molecule has 27 heavy (non-hydrogen) atoms. The summed E-state index contributed by atoms with van der Waals surface area (Å²) < 4.78 is 0. The van der Waals surface area contributed by atoms with Crippen LogP contribution in [0.4, 0.5) is 5.69 Å². The molecule has 2 aliphatic rings. The number of hydrogen-bond donors (Lipinski definition) is 1. The second-order valence-electron chi connectivity index (χ2n) is 8.57. The number of carbonyl (C=O) groups excluding carboxylic acids is 2. The minimum atomic E-state index is -0.853. The second kappa shape index (κ2) is 7.33. The van der Waals surface area contributed by atoms with Crippen LogP contribution in [0.2, 0.25) is 0 Å². The van der Waals surface area contributed by atoms with E-state index in [9.17, 15) is 19.5 Å². The van der Waals surface area contributed by atoms with Crippen molar-refractivity contribution in [1.82, 2.24) is 4.90 Å². The van der Waals surface area contributed by atoms with Crippen molar-refractivity contribution in [2.24, 2.45) is 11.3 Å². The average molecular weight is 372 g/mol. The van der Waals surface area contributed by atoms with Crippen LogP contribution in [0, 0.1) is 11.3 Å². The van der Waals surface area contributed by atoms with Gasteiger partial charge in [-0.3, -0.25) is 14.4 Å². The summed E-state index contributed by atoms with van der Waals surface area (Å²) in [4.78, 5) is 41.0. The number of para-hydroxylation sites is 1. The van der Waals surface area contributed by atoms with E-state index in [2.05, 4.69) is 0 Å². The Bertz CT molecular complexity index is 753. The lowest BCUT2D eigenvalue weighted by Crippen LogP contribution is -2.50. The summed E-state index contributed by atoms with van der Waals surface area (Å²) in [6.07, 6.45) is 1.98. The number of benzene rings is 1. The Morgan fingerprint density at radius 2 is 1.78 bits per heavy atom. The zero-order chi connectivity index (χ0) is 19.8. The molecule has 0 saturated carbocycles. The minimum Gasteiger partial charge on any atom is -0.481 e. The van der Waals surface area contributed by atoms with Crippen LogP contribution in [0.15, 0.2) is 24.3 Å². The van der Waals surface area contributed by atoms with Crippen molar-refractivity contribution in [3.05, 3.63) is 29.8 Å². The number of anilines is 1. The molecule has 6 heteroatoms. The van der Waals surface area contributed by atoms with Gasteiger partial charge in [0.2, 0.25) is 11.8 Å². The van der Waals surface area contributed by atoms with Crippen molar-refractivity contribution >= 4 is 23.5 Å². The number of carbonyl (C=O) groups is 3. The lowest BCUT2D eigenvalue weighted by atomic mass is 9.87. The molecule has 0 spiro atoms. The van der Waals surface area contributed by atoms with Crippen molar-refractivity contribution in [2.45, 2.75) is 46.0 Å². The highest BCUT2D eigenvalue weighted by molar-refractivity contribution is 5.98. The van der Waals surface area contributed by atoms with Crippen LogP contribution in [-0.4, -0.2) is 47.4 Å². The Labute approximate surface area is 160 Å². The number of amides is 2. The van der Waals surface area contributed by atoms with E-state index in [-0.39, 0.29) is 17.7 Å². The molecule has 2 unspecified atom stereocenters. The Morgan fingerprint density at radius 3 is 2.44 bits per heavy atom. The summed E-state index contributed by atoms with van der Waals surface area (Å²) in [5.74, 6) is -1.59. The molecule has 1 N–H and O–H groups in total. The van der Waals surface area contributed by atoms with E-state index in [0.29, 0.717) is 37.3 Å². The fourth-order valence-corrected chi connectivity index (χ4v) is 4.11. The third kappa shape index (κ3) is 3.84. The lowest BCUT2D eigenvalue weighted by molar-refractivity contribution is -0.143. The summed E-state index contributed by atoms with van der Waals surface area (Å²) in [5.41, 5.74) is 0.931. The van der Waals surface area contributed by atoms with E-state index in [1.54, 1.807) is 11.0 Å². The summed E-state index contributed by atoms with van der Waals surface area (Å²) in [5, 5.41) is 9.48. The minimum absolute atomic E-state index is 0.00213. The van der Waals surface area contributed by atoms with Gasteiger partial charge in [-0.2, -0.15) is 0 Å². The largest absolute Gasteiger partial charge is 0.481 e. The molecule has 1 fully saturated rings. The Hall–Kier alpha value is -2.37. The van der Waals surface area contributed by atoms with Crippen LogP contribution < -0.4 is 4.90 Å². The Balaban J connectivity index is 1.80. The maximum absolute atomic E-state index is 13.3. The molecule has 2 aliphatic heterocycles. The van der Waals surface area contributed by atoms with Crippen molar-refractivity contribution in [1.29, 1.82) is 0 Å². The number of hydrogen-bond acceptors (Lipinski definition) is 3. The van der Waals surface area contributed by atoms with Crippen LogP contribution in [0.3, 0.4) is 0 Å². The van der Waals surface area contributed by atoms with Crippen molar-refractivity contribution in [3.63, 3.8) is 0 Å². The normalized spacial score (nSPS) is 22.9. The molecule has 2 atom stereocenters. The van der Waals surface area contributed by atoms with Crippen LogP contribution >= 0.6 is 0 Å². The molecular weight excluding hydrogens is 344 g/mol. The highest BCUT2D eigenvalue weighted by Gasteiger charge is 2.38. The highest BCUT2D eigenvalue weighted by atomic mass is 16.4. The number of rotatable bonds is 2. The molecule has 0 aliphatic carbocycles. The van der Waals surface area contributed by atoms with Gasteiger partial charge in [-0.15, -0.1) is 0 Å². The predicted octanol–water partition coefficient (Wildman–Crippen LogP) is 2.88. The number of aliphatic carboxylic acids is 1. The molecule has 146 valence electrons. The first-order valence-corrected chi connectivity index (χ1v) is 9.62. The van der Waals surface area contributed by atoms with Crippen LogP contribution in [0.5, 0.6) is 0 Å². The van der Waals surface area contributed by atoms with Crippen LogP contribution in [0.1, 0.15) is 51.5 Å². The topological polar surface area (TPSA) is 77.9 Å². The van der Waals surface area contributed by atoms with Gasteiger partial charge in [-0.05, 0) is 30.9 Å². The maximum atomic E-state index is 13.3. The number of carboxylic acid groups (broad SMARTS) is 1. The van der Waals surface area contributed by atoms with Crippen LogP contribution in [0.25, 0.3) is 0 Å². The summed E-state index contributed by atoms with van der Waals surface area (Å²) >= 11 is 0. The number of nitrogens with zero attached hydrogens (tertiary/aromatic N) is 2. The van der Waals surface area contributed by atoms with Gasteiger partial charge in [0.05, 0.1) is 11.8 Å². The van der Waals surface area contributed by atoms with Crippen molar-refractivity contribution in [2.75, 3.05) is 24.5 Å².